The van der Waals surface area contributed by atoms with Gasteiger partial charge in [-0.25, -0.2) is 0 Å². The number of carbonyl (C=O) groups excluding carboxylic acids is 1. The molecule has 2 heterocycles. The van der Waals surface area contributed by atoms with Crippen LogP contribution in [0.1, 0.15) is 25.7 Å². The summed E-state index contributed by atoms with van der Waals surface area (Å²) in [4.78, 5) is 16.5. The van der Waals surface area contributed by atoms with Gasteiger partial charge in [0.1, 0.15) is 0 Å². The minimum Gasteiger partial charge on any atom is -0.341 e. The second-order valence-corrected chi connectivity index (χ2v) is 4.97. The highest BCUT2D eigenvalue weighted by Crippen LogP contribution is 2.18. The van der Waals surface area contributed by atoms with E-state index in [9.17, 15) is 4.79 Å². The maximum atomic E-state index is 12.1. The molecule has 2 fully saturated rings. The van der Waals surface area contributed by atoms with Crippen LogP contribution in [0.5, 0.6) is 0 Å². The molecule has 2 aliphatic heterocycles. The first kappa shape index (κ1) is 11.9. The molecule has 1 amide bonds. The van der Waals surface area contributed by atoms with Crippen molar-refractivity contribution >= 4 is 5.91 Å². The zero-order chi connectivity index (χ0) is 11.4. The van der Waals surface area contributed by atoms with Crippen LogP contribution < -0.4 is 5.32 Å². The molecule has 2 saturated heterocycles. The minimum absolute atomic E-state index is 0.349. The largest absolute Gasteiger partial charge is 0.341 e. The summed E-state index contributed by atoms with van der Waals surface area (Å²) in [5.74, 6) is 0.349. The molecule has 0 aliphatic carbocycles. The van der Waals surface area contributed by atoms with Gasteiger partial charge >= 0.3 is 0 Å². The number of hydrogen-bond donors (Lipinski definition) is 1. The summed E-state index contributed by atoms with van der Waals surface area (Å²) in [6.45, 7) is 4.97. The highest BCUT2D eigenvalue weighted by molar-refractivity contribution is 5.76. The van der Waals surface area contributed by atoms with Gasteiger partial charge in [0.2, 0.25) is 5.91 Å². The lowest BCUT2D eigenvalue weighted by Crippen LogP contribution is -2.38. The van der Waals surface area contributed by atoms with Crippen molar-refractivity contribution in [3.8, 4) is 0 Å². The molecule has 0 saturated carbocycles. The first-order valence-corrected chi connectivity index (χ1v) is 6.46. The third-order valence-electron chi connectivity index (χ3n) is 3.77. The lowest BCUT2D eigenvalue weighted by molar-refractivity contribution is -0.132. The Bertz CT molecular complexity index is 236. The topological polar surface area (TPSA) is 35.6 Å². The van der Waals surface area contributed by atoms with Crippen LogP contribution in [0.15, 0.2) is 0 Å². The van der Waals surface area contributed by atoms with Gasteiger partial charge in [0.15, 0.2) is 0 Å². The Balaban J connectivity index is 1.81. The van der Waals surface area contributed by atoms with Gasteiger partial charge in [0.25, 0.3) is 0 Å². The highest BCUT2D eigenvalue weighted by Gasteiger charge is 2.25. The summed E-state index contributed by atoms with van der Waals surface area (Å²) in [6.07, 6.45) is 4.24. The Kier molecular flexibility index (Phi) is 4.18. The molecular formula is C12H23N3O. The standard InChI is InChI=1S/C12H23N3O/c1-14-7-2-4-11(14)10-12(16)15-8-3-5-13-6-9-15/h11,13H,2-10H2,1H3. The van der Waals surface area contributed by atoms with Crippen LogP contribution in [0, 0.1) is 0 Å². The van der Waals surface area contributed by atoms with E-state index >= 15 is 0 Å². The van der Waals surface area contributed by atoms with Gasteiger partial charge in [-0.2, -0.15) is 0 Å². The van der Waals surface area contributed by atoms with E-state index in [0.717, 1.165) is 45.6 Å². The molecule has 0 radical (unpaired) electrons. The van der Waals surface area contributed by atoms with Gasteiger partial charge in [-0.1, -0.05) is 0 Å². The number of rotatable bonds is 2. The van der Waals surface area contributed by atoms with Crippen LogP contribution in [0.3, 0.4) is 0 Å². The second-order valence-electron chi connectivity index (χ2n) is 4.97. The van der Waals surface area contributed by atoms with Crippen LogP contribution >= 0.6 is 0 Å². The van der Waals surface area contributed by atoms with Crippen LogP contribution in [-0.2, 0) is 4.79 Å². The summed E-state index contributed by atoms with van der Waals surface area (Å²) in [6, 6.07) is 0.490. The average Bonchev–Trinajstić information content (AvgIpc) is 2.57. The molecule has 2 rings (SSSR count). The van der Waals surface area contributed by atoms with Crippen molar-refractivity contribution in [2.24, 2.45) is 0 Å². The third-order valence-corrected chi connectivity index (χ3v) is 3.77. The van der Waals surface area contributed by atoms with Crippen molar-refractivity contribution in [2.75, 3.05) is 39.8 Å². The molecule has 0 aromatic carbocycles. The Labute approximate surface area is 98.0 Å². The number of hydrogen-bond acceptors (Lipinski definition) is 3. The van der Waals surface area contributed by atoms with Gasteiger partial charge in [-0.3, -0.25) is 4.79 Å². The van der Waals surface area contributed by atoms with E-state index in [1.165, 1.54) is 12.8 Å². The Hall–Kier alpha value is -0.610. The molecule has 92 valence electrons. The Morgan fingerprint density at radius 3 is 2.88 bits per heavy atom. The maximum absolute atomic E-state index is 12.1. The van der Waals surface area contributed by atoms with Gasteiger partial charge in [-0.05, 0) is 39.4 Å². The maximum Gasteiger partial charge on any atom is 0.224 e. The molecule has 1 atom stereocenters. The summed E-state index contributed by atoms with van der Waals surface area (Å²) < 4.78 is 0. The molecule has 1 N–H and O–H groups in total. The first-order valence-electron chi connectivity index (χ1n) is 6.46. The number of likely N-dealkylation sites (tertiary alicyclic amines) is 1. The Morgan fingerprint density at radius 1 is 1.25 bits per heavy atom. The number of carbonyl (C=O) groups is 1. The van der Waals surface area contributed by atoms with Crippen molar-refractivity contribution in [2.45, 2.75) is 31.7 Å². The minimum atomic E-state index is 0.349. The molecular weight excluding hydrogens is 202 g/mol. The Morgan fingerprint density at radius 2 is 2.12 bits per heavy atom. The molecule has 2 aliphatic rings. The highest BCUT2D eigenvalue weighted by atomic mass is 16.2. The summed E-state index contributed by atoms with van der Waals surface area (Å²) in [7, 11) is 2.13. The van der Waals surface area contributed by atoms with Gasteiger partial charge in [0.05, 0.1) is 0 Å². The molecule has 0 aromatic heterocycles. The lowest BCUT2D eigenvalue weighted by Gasteiger charge is -2.24. The summed E-state index contributed by atoms with van der Waals surface area (Å²) in [5.41, 5.74) is 0. The van der Waals surface area contributed by atoms with Crippen LogP contribution in [0.25, 0.3) is 0 Å². The van der Waals surface area contributed by atoms with Crippen LogP contribution in [0.2, 0.25) is 0 Å². The van der Waals surface area contributed by atoms with E-state index in [1.54, 1.807) is 0 Å². The van der Waals surface area contributed by atoms with E-state index in [-0.39, 0.29) is 0 Å². The van der Waals surface area contributed by atoms with Gasteiger partial charge < -0.3 is 15.1 Å². The fourth-order valence-corrected chi connectivity index (χ4v) is 2.66. The first-order chi connectivity index (χ1) is 7.77. The molecule has 0 spiro atoms. The van der Waals surface area contributed by atoms with E-state index in [4.69, 9.17) is 0 Å². The lowest BCUT2D eigenvalue weighted by atomic mass is 10.1. The molecule has 16 heavy (non-hydrogen) atoms. The quantitative estimate of drug-likeness (QED) is 0.734. The van der Waals surface area contributed by atoms with Crippen LogP contribution in [-0.4, -0.2) is 61.5 Å². The average molecular weight is 225 g/mol. The third kappa shape index (κ3) is 2.95. The van der Waals surface area contributed by atoms with Crippen molar-refractivity contribution in [1.29, 1.82) is 0 Å². The van der Waals surface area contributed by atoms with E-state index in [2.05, 4.69) is 17.3 Å². The van der Waals surface area contributed by atoms with Gasteiger partial charge in [-0.15, -0.1) is 0 Å². The molecule has 0 bridgehead atoms. The molecule has 4 nitrogen and oxygen atoms in total. The second kappa shape index (κ2) is 5.64. The SMILES string of the molecule is CN1CCCC1CC(=O)N1CCCNCC1. The number of amides is 1. The molecule has 1 unspecified atom stereocenters. The number of nitrogens with zero attached hydrogens (tertiary/aromatic N) is 2. The van der Waals surface area contributed by atoms with Crippen molar-refractivity contribution in [3.05, 3.63) is 0 Å². The van der Waals surface area contributed by atoms with Crippen molar-refractivity contribution in [3.63, 3.8) is 0 Å². The van der Waals surface area contributed by atoms with E-state index in [0.29, 0.717) is 11.9 Å². The monoisotopic (exact) mass is 225 g/mol. The predicted octanol–water partition coefficient (Wildman–Crippen LogP) is 0.293. The smallest absolute Gasteiger partial charge is 0.224 e. The number of nitrogens with one attached hydrogen (secondary N) is 1. The zero-order valence-corrected chi connectivity index (χ0v) is 10.2. The summed E-state index contributed by atoms with van der Waals surface area (Å²) >= 11 is 0. The van der Waals surface area contributed by atoms with Gasteiger partial charge in [0, 0.05) is 32.1 Å². The molecule has 0 aromatic rings. The van der Waals surface area contributed by atoms with E-state index < -0.39 is 0 Å². The fourth-order valence-electron chi connectivity index (χ4n) is 2.66. The fraction of sp³-hybridized carbons (Fsp3) is 0.917. The zero-order valence-electron chi connectivity index (χ0n) is 10.2. The predicted molar refractivity (Wildman–Crippen MR) is 64.3 cm³/mol. The normalized spacial score (nSPS) is 28.1. The van der Waals surface area contributed by atoms with E-state index in [1.807, 2.05) is 4.90 Å². The van der Waals surface area contributed by atoms with Crippen molar-refractivity contribution < 1.29 is 4.79 Å². The van der Waals surface area contributed by atoms with Crippen LogP contribution in [0.4, 0.5) is 0 Å². The molecule has 4 heteroatoms. The summed E-state index contributed by atoms with van der Waals surface area (Å²) in [5, 5.41) is 3.33. The van der Waals surface area contributed by atoms with Crippen molar-refractivity contribution in [1.82, 2.24) is 15.1 Å².